The molecule has 0 saturated carbocycles. The van der Waals surface area contributed by atoms with Crippen molar-refractivity contribution in [1.82, 2.24) is 0 Å². The summed E-state index contributed by atoms with van der Waals surface area (Å²) in [6.07, 6.45) is 3.12. The Kier molecular flexibility index (Phi) is 4.37. The van der Waals surface area contributed by atoms with E-state index in [-0.39, 0.29) is 5.78 Å². The number of hydrogen-bond acceptors (Lipinski definition) is 3. The van der Waals surface area contributed by atoms with E-state index in [2.05, 4.69) is 4.90 Å². The lowest BCUT2D eigenvalue weighted by atomic mass is 10.1. The summed E-state index contributed by atoms with van der Waals surface area (Å²) in [4.78, 5) is 14.1. The second-order valence-corrected chi connectivity index (χ2v) is 4.81. The van der Waals surface area contributed by atoms with Gasteiger partial charge in [-0.2, -0.15) is 0 Å². The Labute approximate surface area is 109 Å². The van der Waals surface area contributed by atoms with E-state index in [9.17, 15) is 4.79 Å². The maximum Gasteiger partial charge on any atom is 0.164 e. The highest BCUT2D eigenvalue weighted by atomic mass is 16.5. The van der Waals surface area contributed by atoms with Gasteiger partial charge in [-0.05, 0) is 25.0 Å². The molecule has 0 bridgehead atoms. The first-order chi connectivity index (χ1) is 8.72. The highest BCUT2D eigenvalue weighted by Gasteiger charge is 2.19. The Bertz CT molecular complexity index is 411. The van der Waals surface area contributed by atoms with Gasteiger partial charge in [0.25, 0.3) is 0 Å². The second-order valence-electron chi connectivity index (χ2n) is 4.81. The van der Waals surface area contributed by atoms with E-state index < -0.39 is 0 Å². The summed E-state index contributed by atoms with van der Waals surface area (Å²) < 4.78 is 5.65. The van der Waals surface area contributed by atoms with Gasteiger partial charge in [-0.3, -0.25) is 4.79 Å². The zero-order chi connectivity index (χ0) is 13.0. The average molecular weight is 247 g/mol. The molecule has 98 valence electrons. The molecule has 0 N–H and O–H groups in total. The van der Waals surface area contributed by atoms with Gasteiger partial charge in [0.05, 0.1) is 6.10 Å². The molecular weight excluding hydrogens is 226 g/mol. The number of hydrogen-bond donors (Lipinski definition) is 0. The van der Waals surface area contributed by atoms with Gasteiger partial charge >= 0.3 is 0 Å². The molecule has 0 amide bonds. The largest absolute Gasteiger partial charge is 0.376 e. The molecule has 0 spiro atoms. The van der Waals surface area contributed by atoms with Crippen molar-refractivity contribution in [2.75, 3.05) is 25.1 Å². The molecule has 1 atom stereocenters. The number of Topliss-reactive ketones (excluding diaryl/α,β-unsaturated/α-hetero) is 1. The van der Waals surface area contributed by atoms with Crippen LogP contribution in [-0.4, -0.2) is 32.1 Å². The summed E-state index contributed by atoms with van der Waals surface area (Å²) in [5.74, 6) is 0.199. The number of anilines is 1. The van der Waals surface area contributed by atoms with Crippen LogP contribution < -0.4 is 4.90 Å². The van der Waals surface area contributed by atoms with Crippen molar-refractivity contribution in [2.45, 2.75) is 32.3 Å². The minimum atomic E-state index is 0.199. The first kappa shape index (κ1) is 13.1. The van der Waals surface area contributed by atoms with E-state index in [1.54, 1.807) is 0 Å². The molecule has 3 nitrogen and oxygen atoms in total. The van der Waals surface area contributed by atoms with Crippen molar-refractivity contribution in [1.29, 1.82) is 0 Å². The Morgan fingerprint density at radius 2 is 2.22 bits per heavy atom. The number of ether oxygens (including phenoxy) is 1. The van der Waals surface area contributed by atoms with E-state index in [4.69, 9.17) is 4.74 Å². The second kappa shape index (κ2) is 6.01. The standard InChI is InChI=1S/C15H21NO2/c1-3-15(17)13-8-4-5-9-14(13)16(2)11-12-7-6-10-18-12/h4-5,8-9,12H,3,6-7,10-11H2,1-2H3. The summed E-state index contributed by atoms with van der Waals surface area (Å²) in [5.41, 5.74) is 1.83. The third-order valence-corrected chi connectivity index (χ3v) is 3.44. The third-order valence-electron chi connectivity index (χ3n) is 3.44. The van der Waals surface area contributed by atoms with Crippen LogP contribution in [-0.2, 0) is 4.74 Å². The quantitative estimate of drug-likeness (QED) is 0.749. The fourth-order valence-electron chi connectivity index (χ4n) is 2.42. The first-order valence-corrected chi connectivity index (χ1v) is 6.67. The normalized spacial score (nSPS) is 18.9. The fourth-order valence-corrected chi connectivity index (χ4v) is 2.42. The molecule has 18 heavy (non-hydrogen) atoms. The first-order valence-electron chi connectivity index (χ1n) is 6.67. The lowest BCUT2D eigenvalue weighted by Crippen LogP contribution is -2.29. The van der Waals surface area contributed by atoms with Crippen molar-refractivity contribution < 1.29 is 9.53 Å². The summed E-state index contributed by atoms with van der Waals surface area (Å²) in [5, 5.41) is 0. The molecule has 1 aliphatic rings. The van der Waals surface area contributed by atoms with Crippen LogP contribution in [0.15, 0.2) is 24.3 Å². The molecule has 1 fully saturated rings. The Hall–Kier alpha value is -1.35. The van der Waals surface area contributed by atoms with Crippen molar-refractivity contribution in [2.24, 2.45) is 0 Å². The molecule has 2 rings (SSSR count). The zero-order valence-corrected chi connectivity index (χ0v) is 11.2. The molecular formula is C15H21NO2. The molecule has 0 aromatic heterocycles. The molecule has 1 aromatic carbocycles. The van der Waals surface area contributed by atoms with Crippen molar-refractivity contribution in [3.05, 3.63) is 29.8 Å². The van der Waals surface area contributed by atoms with Crippen LogP contribution in [0.5, 0.6) is 0 Å². The monoisotopic (exact) mass is 247 g/mol. The summed E-state index contributed by atoms with van der Waals surface area (Å²) in [6.45, 7) is 3.63. The van der Waals surface area contributed by atoms with E-state index in [1.807, 2.05) is 38.2 Å². The van der Waals surface area contributed by atoms with Gasteiger partial charge in [0, 0.05) is 37.9 Å². The molecule has 1 saturated heterocycles. The van der Waals surface area contributed by atoms with Crippen molar-refractivity contribution in [3.63, 3.8) is 0 Å². The average Bonchev–Trinajstić information content (AvgIpc) is 2.90. The van der Waals surface area contributed by atoms with E-state index >= 15 is 0 Å². The van der Waals surface area contributed by atoms with Crippen LogP contribution in [0.4, 0.5) is 5.69 Å². The maximum absolute atomic E-state index is 11.9. The van der Waals surface area contributed by atoms with Crippen LogP contribution >= 0.6 is 0 Å². The third kappa shape index (κ3) is 2.91. The van der Waals surface area contributed by atoms with Gasteiger partial charge in [-0.25, -0.2) is 0 Å². The Balaban J connectivity index is 2.13. The van der Waals surface area contributed by atoms with E-state index in [1.165, 1.54) is 0 Å². The highest BCUT2D eigenvalue weighted by molar-refractivity contribution is 6.01. The minimum Gasteiger partial charge on any atom is -0.376 e. The molecule has 0 radical (unpaired) electrons. The molecule has 3 heteroatoms. The predicted octanol–water partition coefficient (Wildman–Crippen LogP) is 2.89. The number of nitrogens with zero attached hydrogens (tertiary/aromatic N) is 1. The maximum atomic E-state index is 11.9. The fraction of sp³-hybridized carbons (Fsp3) is 0.533. The smallest absolute Gasteiger partial charge is 0.164 e. The number of carbonyl (C=O) groups is 1. The lowest BCUT2D eigenvalue weighted by molar-refractivity contribution is 0.0987. The number of carbonyl (C=O) groups excluding carboxylic acids is 1. The van der Waals surface area contributed by atoms with Crippen molar-refractivity contribution in [3.8, 4) is 0 Å². The van der Waals surface area contributed by atoms with Crippen LogP contribution in [0, 0.1) is 0 Å². The van der Waals surface area contributed by atoms with Crippen LogP contribution in [0.3, 0.4) is 0 Å². The molecule has 1 unspecified atom stereocenters. The predicted molar refractivity (Wildman–Crippen MR) is 73.3 cm³/mol. The highest BCUT2D eigenvalue weighted by Crippen LogP contribution is 2.23. The van der Waals surface area contributed by atoms with Crippen LogP contribution in [0.2, 0.25) is 0 Å². The summed E-state index contributed by atoms with van der Waals surface area (Å²) >= 11 is 0. The number of rotatable bonds is 5. The molecule has 0 aliphatic carbocycles. The Morgan fingerprint density at radius 3 is 2.89 bits per heavy atom. The summed E-state index contributed by atoms with van der Waals surface area (Å²) in [7, 11) is 2.03. The number of para-hydroxylation sites is 1. The SMILES string of the molecule is CCC(=O)c1ccccc1N(C)CC1CCCO1. The van der Waals surface area contributed by atoms with Gasteiger partial charge in [0.15, 0.2) is 5.78 Å². The molecule has 1 aliphatic heterocycles. The number of ketones is 1. The van der Waals surface area contributed by atoms with Crippen molar-refractivity contribution >= 4 is 11.5 Å². The molecule has 1 aromatic rings. The topological polar surface area (TPSA) is 29.5 Å². The van der Waals surface area contributed by atoms with Gasteiger partial charge in [0.1, 0.15) is 0 Å². The Morgan fingerprint density at radius 1 is 1.44 bits per heavy atom. The molecule has 1 heterocycles. The van der Waals surface area contributed by atoms with Gasteiger partial charge in [-0.15, -0.1) is 0 Å². The van der Waals surface area contributed by atoms with E-state index in [0.717, 1.165) is 37.2 Å². The van der Waals surface area contributed by atoms with Gasteiger partial charge in [-0.1, -0.05) is 19.1 Å². The lowest BCUT2D eigenvalue weighted by Gasteiger charge is -2.24. The minimum absolute atomic E-state index is 0.199. The van der Waals surface area contributed by atoms with Gasteiger partial charge in [0.2, 0.25) is 0 Å². The van der Waals surface area contributed by atoms with Crippen LogP contribution in [0.25, 0.3) is 0 Å². The van der Waals surface area contributed by atoms with Crippen LogP contribution in [0.1, 0.15) is 36.5 Å². The number of benzene rings is 1. The van der Waals surface area contributed by atoms with E-state index in [0.29, 0.717) is 12.5 Å². The number of likely N-dealkylation sites (N-methyl/N-ethyl adjacent to an activating group) is 1. The summed E-state index contributed by atoms with van der Waals surface area (Å²) in [6, 6.07) is 7.82. The van der Waals surface area contributed by atoms with Gasteiger partial charge < -0.3 is 9.64 Å². The zero-order valence-electron chi connectivity index (χ0n) is 11.2.